The van der Waals surface area contributed by atoms with E-state index in [0.29, 0.717) is 23.5 Å². The van der Waals surface area contributed by atoms with E-state index in [1.165, 1.54) is 0 Å². The number of amides is 1. The summed E-state index contributed by atoms with van der Waals surface area (Å²) < 4.78 is 21.4. The molecule has 1 aromatic carbocycles. The van der Waals surface area contributed by atoms with Gasteiger partial charge in [0.25, 0.3) is 0 Å². The van der Waals surface area contributed by atoms with Gasteiger partial charge in [0.15, 0.2) is 0 Å². The van der Waals surface area contributed by atoms with Crippen molar-refractivity contribution in [3.8, 4) is 5.69 Å². The number of nitrogens with two attached hydrogens (primary N) is 1. The fraction of sp³-hybridized carbons (Fsp3) is 0.545. The second kappa shape index (κ2) is 6.21. The average molecular weight is 400 g/mol. The number of hydrogen-bond acceptors (Lipinski definition) is 4. The van der Waals surface area contributed by atoms with Crippen LogP contribution in [0.2, 0.25) is 0 Å². The third-order valence-corrected chi connectivity index (χ3v) is 5.97. The number of carbonyl (C=O) groups excluding carboxylic acids is 1. The van der Waals surface area contributed by atoms with Crippen LogP contribution in [0.15, 0.2) is 12.1 Å². The first kappa shape index (κ1) is 19.7. The van der Waals surface area contributed by atoms with Crippen molar-refractivity contribution in [3.05, 3.63) is 40.3 Å². The predicted molar refractivity (Wildman–Crippen MR) is 110 cm³/mol. The molecule has 1 fully saturated rings. The van der Waals surface area contributed by atoms with Gasteiger partial charge in [-0.1, -0.05) is 0 Å². The monoisotopic (exact) mass is 400 g/mol. The quantitative estimate of drug-likeness (QED) is 0.762. The normalized spacial score (nSPS) is 20.0. The number of halogens is 1. The summed E-state index contributed by atoms with van der Waals surface area (Å²) >= 11 is 0. The number of hydrogen-bond donors (Lipinski definition) is 1. The molecule has 0 radical (unpaired) electrons. The number of benzene rings is 1. The van der Waals surface area contributed by atoms with E-state index in [1.54, 1.807) is 35.6 Å². The maximum Gasteiger partial charge on any atom is 0.410 e. The summed E-state index contributed by atoms with van der Waals surface area (Å²) in [5, 5.41) is 4.86. The summed E-state index contributed by atoms with van der Waals surface area (Å²) in [7, 11) is 0. The van der Waals surface area contributed by atoms with Crippen LogP contribution in [0.1, 0.15) is 69.0 Å². The van der Waals surface area contributed by atoms with Gasteiger partial charge in [0.05, 0.1) is 17.4 Å². The van der Waals surface area contributed by atoms with Gasteiger partial charge in [-0.2, -0.15) is 5.10 Å². The summed E-state index contributed by atoms with van der Waals surface area (Å²) in [6.07, 6.45) is 1.59. The predicted octanol–water partition coefficient (Wildman–Crippen LogP) is 4.55. The lowest BCUT2D eigenvalue weighted by Gasteiger charge is -2.38. The van der Waals surface area contributed by atoms with Crippen molar-refractivity contribution in [2.45, 2.75) is 71.4 Å². The number of ether oxygens (including phenoxy) is 1. The Morgan fingerprint density at radius 1 is 1.28 bits per heavy atom. The van der Waals surface area contributed by atoms with Crippen LogP contribution in [0.3, 0.4) is 0 Å². The topological polar surface area (TPSA) is 73.4 Å². The molecule has 1 amide bonds. The van der Waals surface area contributed by atoms with E-state index in [0.717, 1.165) is 29.8 Å². The number of rotatable bonds is 1. The first-order chi connectivity index (χ1) is 13.4. The van der Waals surface area contributed by atoms with Gasteiger partial charge in [-0.25, -0.2) is 13.9 Å². The molecule has 1 aliphatic heterocycles. The Labute approximate surface area is 170 Å². The van der Waals surface area contributed by atoms with Gasteiger partial charge in [0, 0.05) is 17.5 Å². The highest BCUT2D eigenvalue weighted by atomic mass is 19.1. The standard InChI is InChI=1S/C22H29FN4O2/c1-12-9-15(10-13(2)17(12)23)27-19(24)16-14(3)26(20(28)29-21(4,5)6)11-22(7-8-22)18(16)25-27/h9-10,14H,7-8,11,24H2,1-6H3/t14-/m0/s1. The smallest absolute Gasteiger partial charge is 0.410 e. The number of anilines is 1. The molecular weight excluding hydrogens is 371 g/mol. The maximum absolute atomic E-state index is 14.1. The Balaban J connectivity index is 1.79. The molecule has 2 N–H and O–H groups in total. The molecule has 7 heteroatoms. The number of fused-ring (bicyclic) bond motifs is 2. The van der Waals surface area contributed by atoms with Crippen LogP contribution in [0.5, 0.6) is 0 Å². The number of carbonyl (C=O) groups is 1. The van der Waals surface area contributed by atoms with Crippen molar-refractivity contribution in [2.75, 3.05) is 12.3 Å². The summed E-state index contributed by atoms with van der Waals surface area (Å²) in [4.78, 5) is 14.6. The number of nitrogen functional groups attached to an aromatic ring is 1. The highest BCUT2D eigenvalue weighted by Gasteiger charge is 2.55. The molecule has 0 saturated heterocycles. The van der Waals surface area contributed by atoms with Crippen LogP contribution in [0.25, 0.3) is 5.69 Å². The molecule has 1 aliphatic carbocycles. The maximum atomic E-state index is 14.1. The fourth-order valence-electron chi connectivity index (χ4n) is 4.27. The third-order valence-electron chi connectivity index (χ3n) is 5.97. The van der Waals surface area contributed by atoms with E-state index >= 15 is 0 Å². The van der Waals surface area contributed by atoms with Gasteiger partial charge < -0.3 is 15.4 Å². The van der Waals surface area contributed by atoms with E-state index in [1.807, 2.05) is 27.7 Å². The Morgan fingerprint density at radius 3 is 2.38 bits per heavy atom. The van der Waals surface area contributed by atoms with Gasteiger partial charge >= 0.3 is 6.09 Å². The Morgan fingerprint density at radius 2 is 1.86 bits per heavy atom. The molecule has 2 aliphatic rings. The zero-order valence-electron chi connectivity index (χ0n) is 18.0. The van der Waals surface area contributed by atoms with E-state index in [4.69, 9.17) is 15.6 Å². The van der Waals surface area contributed by atoms with Gasteiger partial charge in [0.1, 0.15) is 17.2 Å². The summed E-state index contributed by atoms with van der Waals surface area (Å²) in [5.74, 6) is 0.282. The van der Waals surface area contributed by atoms with Gasteiger partial charge in [-0.15, -0.1) is 0 Å². The minimum absolute atomic E-state index is 0.164. The van der Waals surface area contributed by atoms with Crippen molar-refractivity contribution in [2.24, 2.45) is 0 Å². The molecule has 1 atom stereocenters. The highest BCUT2D eigenvalue weighted by Crippen LogP contribution is 2.55. The molecule has 1 saturated carbocycles. The minimum atomic E-state index is -0.563. The third kappa shape index (κ3) is 3.16. The van der Waals surface area contributed by atoms with E-state index < -0.39 is 5.60 Å². The largest absolute Gasteiger partial charge is 0.444 e. The molecule has 0 bridgehead atoms. The lowest BCUT2D eigenvalue weighted by Crippen LogP contribution is -2.46. The Bertz CT molecular complexity index is 978. The summed E-state index contributed by atoms with van der Waals surface area (Å²) in [5.41, 5.74) is 9.50. The molecule has 4 rings (SSSR count). The first-order valence-electron chi connectivity index (χ1n) is 10.1. The molecule has 1 aromatic heterocycles. The van der Waals surface area contributed by atoms with Crippen LogP contribution in [-0.2, 0) is 10.2 Å². The molecule has 2 aromatic rings. The van der Waals surface area contributed by atoms with Crippen molar-refractivity contribution in [1.29, 1.82) is 0 Å². The second-order valence-electron chi connectivity index (χ2n) is 9.52. The minimum Gasteiger partial charge on any atom is -0.444 e. The highest BCUT2D eigenvalue weighted by molar-refractivity contribution is 5.71. The summed E-state index contributed by atoms with van der Waals surface area (Å²) in [6, 6.07) is 3.27. The van der Waals surface area contributed by atoms with E-state index in [-0.39, 0.29) is 23.4 Å². The molecule has 29 heavy (non-hydrogen) atoms. The van der Waals surface area contributed by atoms with Crippen molar-refractivity contribution < 1.29 is 13.9 Å². The number of aryl methyl sites for hydroxylation is 2. The lowest BCUT2D eigenvalue weighted by molar-refractivity contribution is 0.0127. The SMILES string of the molecule is Cc1cc(-n2nc3c(c2N)[C@H](C)N(C(=O)OC(C)(C)C)CC32CC2)cc(C)c1F. The average Bonchev–Trinajstić information content (AvgIpc) is 3.29. The van der Waals surface area contributed by atoms with Crippen LogP contribution in [0.4, 0.5) is 15.0 Å². The Hall–Kier alpha value is -2.57. The van der Waals surface area contributed by atoms with Crippen molar-refractivity contribution >= 4 is 11.9 Å². The van der Waals surface area contributed by atoms with Gasteiger partial charge in [-0.3, -0.25) is 0 Å². The van der Waals surface area contributed by atoms with E-state index in [9.17, 15) is 9.18 Å². The fourth-order valence-corrected chi connectivity index (χ4v) is 4.27. The number of aromatic nitrogens is 2. The molecule has 156 valence electrons. The molecule has 1 spiro atoms. The van der Waals surface area contributed by atoms with Gasteiger partial charge in [-0.05, 0) is 77.6 Å². The zero-order valence-corrected chi connectivity index (χ0v) is 18.0. The molecular formula is C22H29FN4O2. The van der Waals surface area contributed by atoms with Crippen molar-refractivity contribution in [1.82, 2.24) is 14.7 Å². The first-order valence-corrected chi connectivity index (χ1v) is 10.1. The number of nitrogens with zero attached hydrogens (tertiary/aromatic N) is 3. The lowest BCUT2D eigenvalue weighted by atomic mass is 9.89. The van der Waals surface area contributed by atoms with Crippen LogP contribution in [0, 0.1) is 19.7 Å². The molecule has 2 heterocycles. The summed E-state index contributed by atoms with van der Waals surface area (Å²) in [6.45, 7) is 11.6. The zero-order chi connectivity index (χ0) is 21.3. The van der Waals surface area contributed by atoms with Crippen LogP contribution >= 0.6 is 0 Å². The van der Waals surface area contributed by atoms with Crippen LogP contribution < -0.4 is 5.73 Å². The Kier molecular flexibility index (Phi) is 4.23. The van der Waals surface area contributed by atoms with E-state index in [2.05, 4.69) is 0 Å². The van der Waals surface area contributed by atoms with Gasteiger partial charge in [0.2, 0.25) is 0 Å². The van der Waals surface area contributed by atoms with Crippen molar-refractivity contribution in [3.63, 3.8) is 0 Å². The second-order valence-corrected chi connectivity index (χ2v) is 9.52. The van der Waals surface area contributed by atoms with Crippen LogP contribution in [-0.4, -0.2) is 32.9 Å². The molecule has 6 nitrogen and oxygen atoms in total. The molecule has 0 unspecified atom stereocenters.